The maximum absolute atomic E-state index is 12.6. The van der Waals surface area contributed by atoms with Crippen LogP contribution in [0.4, 0.5) is 0 Å². The van der Waals surface area contributed by atoms with Crippen molar-refractivity contribution in [3.63, 3.8) is 0 Å². The van der Waals surface area contributed by atoms with Crippen LogP contribution in [0.25, 0.3) is 5.69 Å². The van der Waals surface area contributed by atoms with Crippen LogP contribution in [-0.2, 0) is 6.42 Å². The summed E-state index contributed by atoms with van der Waals surface area (Å²) in [6.07, 6.45) is 2.30. The first-order chi connectivity index (χ1) is 11.1. The van der Waals surface area contributed by atoms with Gasteiger partial charge in [0, 0.05) is 25.6 Å². The fourth-order valence-electron chi connectivity index (χ4n) is 2.72. The zero-order valence-corrected chi connectivity index (χ0v) is 13.8. The van der Waals surface area contributed by atoms with Crippen molar-refractivity contribution in [2.75, 3.05) is 13.1 Å². The van der Waals surface area contributed by atoms with Gasteiger partial charge >= 0.3 is 0 Å². The predicted molar refractivity (Wildman–Crippen MR) is 88.9 cm³/mol. The molecule has 23 heavy (non-hydrogen) atoms. The number of nitrogens with two attached hydrogens (primary N) is 1. The second kappa shape index (κ2) is 6.68. The zero-order valence-electron chi connectivity index (χ0n) is 13.1. The molecule has 2 N–H and O–H groups in total. The lowest BCUT2D eigenvalue weighted by Gasteiger charge is -2.29. The fourth-order valence-corrected chi connectivity index (χ4v) is 2.94. The van der Waals surface area contributed by atoms with Crippen LogP contribution in [0.15, 0.2) is 24.3 Å². The van der Waals surface area contributed by atoms with Crippen LogP contribution in [0.5, 0.6) is 0 Å². The molecule has 1 fully saturated rings. The maximum atomic E-state index is 12.6. The van der Waals surface area contributed by atoms with E-state index in [2.05, 4.69) is 10.1 Å². The maximum Gasteiger partial charge on any atom is 0.293 e. The number of aromatic nitrogens is 3. The van der Waals surface area contributed by atoms with Crippen molar-refractivity contribution < 1.29 is 4.79 Å². The number of hydrogen-bond donors (Lipinski definition) is 1. The van der Waals surface area contributed by atoms with Gasteiger partial charge in [0.2, 0.25) is 5.82 Å². The van der Waals surface area contributed by atoms with E-state index in [4.69, 9.17) is 17.3 Å². The van der Waals surface area contributed by atoms with Gasteiger partial charge < -0.3 is 10.6 Å². The minimum Gasteiger partial charge on any atom is -0.336 e. The lowest BCUT2D eigenvalue weighted by Crippen LogP contribution is -2.43. The number of nitrogens with zero attached hydrogens (tertiary/aromatic N) is 4. The van der Waals surface area contributed by atoms with E-state index in [1.54, 1.807) is 15.6 Å². The van der Waals surface area contributed by atoms with Gasteiger partial charge in [-0.1, -0.05) is 30.7 Å². The molecular formula is C16H20ClN5O. The van der Waals surface area contributed by atoms with E-state index in [1.165, 1.54) is 0 Å². The third-order valence-corrected chi connectivity index (χ3v) is 4.41. The third kappa shape index (κ3) is 3.23. The quantitative estimate of drug-likeness (QED) is 0.932. The first kappa shape index (κ1) is 16.0. The number of halogens is 1. The Labute approximate surface area is 140 Å². The lowest BCUT2D eigenvalue weighted by atomic mass is 10.1. The zero-order chi connectivity index (χ0) is 16.4. The molecular weight excluding hydrogens is 314 g/mol. The van der Waals surface area contributed by atoms with Gasteiger partial charge in [0.25, 0.3) is 5.91 Å². The molecule has 2 aromatic rings. The Morgan fingerprint density at radius 1 is 1.35 bits per heavy atom. The summed E-state index contributed by atoms with van der Waals surface area (Å²) in [5.41, 5.74) is 6.62. The lowest BCUT2D eigenvalue weighted by molar-refractivity contribution is 0.0702. The van der Waals surface area contributed by atoms with E-state index in [0.29, 0.717) is 24.5 Å². The minimum absolute atomic E-state index is 0.141. The normalized spacial score (nSPS) is 15.9. The second-order valence-corrected chi connectivity index (χ2v) is 6.11. The molecule has 0 spiro atoms. The number of para-hydroxylation sites is 1. The van der Waals surface area contributed by atoms with Crippen LogP contribution < -0.4 is 5.73 Å². The minimum atomic E-state index is -0.141. The average Bonchev–Trinajstić information content (AvgIpc) is 2.99. The first-order valence-corrected chi connectivity index (χ1v) is 8.23. The number of rotatable bonds is 3. The number of piperidine rings is 1. The largest absolute Gasteiger partial charge is 0.336 e. The summed E-state index contributed by atoms with van der Waals surface area (Å²) in [7, 11) is 0. The molecule has 1 aliphatic rings. The van der Waals surface area contributed by atoms with Gasteiger partial charge in [0.05, 0.1) is 10.7 Å². The van der Waals surface area contributed by atoms with Crippen molar-refractivity contribution >= 4 is 17.5 Å². The van der Waals surface area contributed by atoms with Crippen LogP contribution >= 0.6 is 11.6 Å². The number of carbonyl (C=O) groups is 1. The molecule has 6 nitrogen and oxygen atoms in total. The fraction of sp³-hybridized carbons (Fsp3) is 0.438. The summed E-state index contributed by atoms with van der Waals surface area (Å²) in [6.45, 7) is 3.29. The molecule has 0 aliphatic carbocycles. The van der Waals surface area contributed by atoms with Crippen LogP contribution in [-0.4, -0.2) is 44.7 Å². The molecule has 0 saturated carbocycles. The molecule has 1 saturated heterocycles. The Bertz CT molecular complexity index is 706. The Hall–Kier alpha value is -1.92. The van der Waals surface area contributed by atoms with Crippen molar-refractivity contribution in [1.29, 1.82) is 0 Å². The molecule has 1 amide bonds. The van der Waals surface area contributed by atoms with Crippen molar-refractivity contribution in [2.24, 2.45) is 5.73 Å². The van der Waals surface area contributed by atoms with Crippen molar-refractivity contribution in [1.82, 2.24) is 19.7 Å². The smallest absolute Gasteiger partial charge is 0.293 e. The van der Waals surface area contributed by atoms with Gasteiger partial charge in [-0.3, -0.25) is 4.79 Å². The molecule has 0 atom stereocenters. The number of carbonyl (C=O) groups excluding carboxylic acids is 1. The number of hydrogen-bond acceptors (Lipinski definition) is 4. The van der Waals surface area contributed by atoms with E-state index in [1.807, 2.05) is 25.1 Å². The molecule has 0 unspecified atom stereocenters. The van der Waals surface area contributed by atoms with Gasteiger partial charge in [-0.05, 0) is 25.0 Å². The van der Waals surface area contributed by atoms with E-state index in [0.717, 1.165) is 24.4 Å². The van der Waals surface area contributed by atoms with Gasteiger partial charge in [-0.25, -0.2) is 9.67 Å². The average molecular weight is 334 g/mol. The summed E-state index contributed by atoms with van der Waals surface area (Å²) in [6, 6.07) is 7.59. The van der Waals surface area contributed by atoms with E-state index >= 15 is 0 Å². The molecule has 1 aliphatic heterocycles. The van der Waals surface area contributed by atoms with Gasteiger partial charge in [0.15, 0.2) is 0 Å². The molecule has 1 aromatic carbocycles. The van der Waals surface area contributed by atoms with E-state index < -0.39 is 0 Å². The summed E-state index contributed by atoms with van der Waals surface area (Å²) >= 11 is 6.24. The third-order valence-electron chi connectivity index (χ3n) is 4.09. The summed E-state index contributed by atoms with van der Waals surface area (Å²) in [4.78, 5) is 18.8. The molecule has 122 valence electrons. The summed E-state index contributed by atoms with van der Waals surface area (Å²) in [5.74, 6) is 0.796. The second-order valence-electron chi connectivity index (χ2n) is 5.70. The summed E-state index contributed by atoms with van der Waals surface area (Å²) < 4.78 is 1.66. The van der Waals surface area contributed by atoms with Crippen molar-refractivity contribution in [2.45, 2.75) is 32.2 Å². The number of benzene rings is 1. The highest BCUT2D eigenvalue weighted by molar-refractivity contribution is 6.32. The van der Waals surface area contributed by atoms with E-state index in [-0.39, 0.29) is 17.8 Å². The topological polar surface area (TPSA) is 77.0 Å². The number of amides is 1. The van der Waals surface area contributed by atoms with Crippen LogP contribution in [0.1, 0.15) is 36.2 Å². The summed E-state index contributed by atoms with van der Waals surface area (Å²) in [5, 5.41) is 4.98. The molecule has 0 radical (unpaired) electrons. The molecule has 0 bridgehead atoms. The standard InChI is InChI=1S/C16H20ClN5O/c1-2-14-19-15(16(23)21-9-7-11(18)8-10-21)20-22(14)13-6-4-3-5-12(13)17/h3-6,11H,2,7-10,18H2,1H3. The van der Waals surface area contributed by atoms with Crippen LogP contribution in [0.2, 0.25) is 5.02 Å². The van der Waals surface area contributed by atoms with Crippen LogP contribution in [0.3, 0.4) is 0 Å². The van der Waals surface area contributed by atoms with Gasteiger partial charge in [0.1, 0.15) is 5.82 Å². The highest BCUT2D eigenvalue weighted by atomic mass is 35.5. The Balaban J connectivity index is 1.90. The van der Waals surface area contributed by atoms with E-state index in [9.17, 15) is 4.79 Å². The van der Waals surface area contributed by atoms with Crippen LogP contribution in [0, 0.1) is 0 Å². The first-order valence-electron chi connectivity index (χ1n) is 7.86. The number of aryl methyl sites for hydroxylation is 1. The predicted octanol–water partition coefficient (Wildman–Crippen LogP) is 2.05. The molecule has 3 rings (SSSR count). The Morgan fingerprint density at radius 2 is 2.04 bits per heavy atom. The Kier molecular flexibility index (Phi) is 4.63. The molecule has 1 aromatic heterocycles. The molecule has 2 heterocycles. The van der Waals surface area contributed by atoms with Gasteiger partial charge in [-0.2, -0.15) is 0 Å². The SMILES string of the molecule is CCc1nc(C(=O)N2CCC(N)CC2)nn1-c1ccccc1Cl. The van der Waals surface area contributed by atoms with Gasteiger partial charge in [-0.15, -0.1) is 5.10 Å². The monoisotopic (exact) mass is 333 g/mol. The van der Waals surface area contributed by atoms with Crippen molar-refractivity contribution in [3.05, 3.63) is 40.9 Å². The molecule has 7 heteroatoms. The highest BCUT2D eigenvalue weighted by Crippen LogP contribution is 2.21. The highest BCUT2D eigenvalue weighted by Gasteiger charge is 2.26. The van der Waals surface area contributed by atoms with Crippen molar-refractivity contribution in [3.8, 4) is 5.69 Å². The Morgan fingerprint density at radius 3 is 2.70 bits per heavy atom. The number of likely N-dealkylation sites (tertiary alicyclic amines) is 1.